The third-order valence-electron chi connectivity index (χ3n) is 1.76. The van der Waals surface area contributed by atoms with Gasteiger partial charge in [-0.3, -0.25) is 9.52 Å². The molecular weight excluding hydrogens is 262 g/mol. The second-order valence-corrected chi connectivity index (χ2v) is 4.10. The molecule has 1 atom stereocenters. The van der Waals surface area contributed by atoms with E-state index >= 15 is 0 Å². The summed E-state index contributed by atoms with van der Waals surface area (Å²) in [6, 6.07) is 0. The van der Waals surface area contributed by atoms with Gasteiger partial charge in [0, 0.05) is 12.4 Å². The van der Waals surface area contributed by atoms with Crippen molar-refractivity contribution in [1.29, 1.82) is 0 Å². The van der Waals surface area contributed by atoms with Crippen LogP contribution in [0.5, 0.6) is 0 Å². The lowest BCUT2D eigenvalue weighted by molar-refractivity contribution is -0.137. The first kappa shape index (κ1) is 14.0. The maximum Gasteiger partial charge on any atom is 0.360 e. The summed E-state index contributed by atoms with van der Waals surface area (Å²) in [5.41, 5.74) is -0.113. The van der Waals surface area contributed by atoms with Gasteiger partial charge in [-0.05, 0) is 0 Å². The molecule has 0 amide bonds. The molecule has 0 aliphatic heterocycles. The van der Waals surface area contributed by atoms with Crippen LogP contribution in [0, 0.1) is 0 Å². The van der Waals surface area contributed by atoms with Crippen LogP contribution in [0.3, 0.4) is 0 Å². The SMILES string of the molecule is COC(=O)CS(=O)Nc1nccnc1C(=O)OC. The highest BCUT2D eigenvalue weighted by atomic mass is 32.2. The Balaban J connectivity index is 2.81. The van der Waals surface area contributed by atoms with Gasteiger partial charge in [0.1, 0.15) is 16.7 Å². The molecule has 9 heteroatoms. The molecule has 0 saturated heterocycles. The quantitative estimate of drug-likeness (QED) is 0.721. The fourth-order valence-corrected chi connectivity index (χ4v) is 1.74. The van der Waals surface area contributed by atoms with E-state index in [1.54, 1.807) is 0 Å². The van der Waals surface area contributed by atoms with Crippen LogP contribution in [0.25, 0.3) is 0 Å². The Morgan fingerprint density at radius 2 is 1.94 bits per heavy atom. The Morgan fingerprint density at radius 3 is 2.56 bits per heavy atom. The molecule has 1 aromatic heterocycles. The predicted octanol–water partition coefficient (Wildman–Crippen LogP) is -0.488. The summed E-state index contributed by atoms with van der Waals surface area (Å²) >= 11 is 0. The number of aromatic nitrogens is 2. The zero-order valence-electron chi connectivity index (χ0n) is 9.71. The Bertz CT molecular complexity index is 479. The largest absolute Gasteiger partial charge is 0.468 e. The minimum absolute atomic E-state index is 0.0217. The Morgan fingerprint density at radius 1 is 1.28 bits per heavy atom. The number of carbonyl (C=O) groups excluding carboxylic acids is 2. The van der Waals surface area contributed by atoms with Crippen LogP contribution in [0.1, 0.15) is 10.5 Å². The number of nitrogens with one attached hydrogen (secondary N) is 1. The van der Waals surface area contributed by atoms with Crippen molar-refractivity contribution in [1.82, 2.24) is 9.97 Å². The summed E-state index contributed by atoms with van der Waals surface area (Å²) in [6.45, 7) is 0. The minimum atomic E-state index is -1.76. The molecule has 0 aliphatic rings. The van der Waals surface area contributed by atoms with Crippen molar-refractivity contribution < 1.29 is 23.3 Å². The van der Waals surface area contributed by atoms with Gasteiger partial charge >= 0.3 is 11.9 Å². The van der Waals surface area contributed by atoms with E-state index in [1.807, 2.05) is 0 Å². The number of hydrogen-bond acceptors (Lipinski definition) is 7. The lowest BCUT2D eigenvalue weighted by Crippen LogP contribution is -2.20. The predicted molar refractivity (Wildman–Crippen MR) is 62.0 cm³/mol. The van der Waals surface area contributed by atoms with Gasteiger partial charge in [0.25, 0.3) is 0 Å². The zero-order chi connectivity index (χ0) is 13.5. The first-order valence-electron chi connectivity index (χ1n) is 4.69. The number of anilines is 1. The number of nitrogens with zero attached hydrogens (tertiary/aromatic N) is 2. The average molecular weight is 273 g/mol. The molecule has 0 radical (unpaired) electrons. The summed E-state index contributed by atoms with van der Waals surface area (Å²) in [5, 5.41) is 0. The highest BCUT2D eigenvalue weighted by Crippen LogP contribution is 2.10. The molecule has 1 rings (SSSR count). The number of carbonyl (C=O) groups is 2. The zero-order valence-corrected chi connectivity index (χ0v) is 10.5. The van der Waals surface area contributed by atoms with Gasteiger partial charge in [0.2, 0.25) is 0 Å². The van der Waals surface area contributed by atoms with Crippen molar-refractivity contribution in [3.63, 3.8) is 0 Å². The standard InChI is InChI=1S/C9H11N3O5S/c1-16-6(13)5-18(15)12-8-7(9(14)17-2)10-3-4-11-8/h3-4H,5H2,1-2H3,(H,11,12). The molecular formula is C9H11N3O5S. The van der Waals surface area contributed by atoms with Gasteiger partial charge in [-0.2, -0.15) is 0 Å². The molecule has 1 unspecified atom stereocenters. The molecule has 0 spiro atoms. The molecule has 0 aliphatic carbocycles. The summed E-state index contributed by atoms with van der Waals surface area (Å²) in [5.74, 6) is -1.76. The van der Waals surface area contributed by atoms with E-state index in [4.69, 9.17) is 0 Å². The van der Waals surface area contributed by atoms with Gasteiger partial charge in [-0.15, -0.1) is 0 Å². The van der Waals surface area contributed by atoms with E-state index in [-0.39, 0.29) is 17.3 Å². The number of rotatable bonds is 5. The first-order chi connectivity index (χ1) is 8.58. The maximum absolute atomic E-state index is 11.5. The van der Waals surface area contributed by atoms with Gasteiger partial charge in [0.05, 0.1) is 14.2 Å². The van der Waals surface area contributed by atoms with E-state index in [2.05, 4.69) is 24.2 Å². The number of hydrogen-bond donors (Lipinski definition) is 1. The minimum Gasteiger partial charge on any atom is -0.468 e. The molecule has 0 saturated carbocycles. The fourth-order valence-electron chi connectivity index (χ4n) is 0.969. The van der Waals surface area contributed by atoms with Crippen LogP contribution >= 0.6 is 0 Å². The smallest absolute Gasteiger partial charge is 0.360 e. The van der Waals surface area contributed by atoms with Crippen LogP contribution < -0.4 is 4.72 Å². The third kappa shape index (κ3) is 3.77. The summed E-state index contributed by atoms with van der Waals surface area (Å²) in [7, 11) is 0.604. The number of ether oxygens (including phenoxy) is 2. The van der Waals surface area contributed by atoms with E-state index in [9.17, 15) is 13.8 Å². The first-order valence-corrected chi connectivity index (χ1v) is 6.01. The van der Waals surface area contributed by atoms with Crippen LogP contribution in [0.4, 0.5) is 5.82 Å². The van der Waals surface area contributed by atoms with E-state index in [0.717, 1.165) is 0 Å². The maximum atomic E-state index is 11.5. The van der Waals surface area contributed by atoms with Crippen molar-refractivity contribution in [2.24, 2.45) is 0 Å². The Hall–Kier alpha value is -2.03. The average Bonchev–Trinajstić information content (AvgIpc) is 2.38. The highest BCUT2D eigenvalue weighted by Gasteiger charge is 2.17. The van der Waals surface area contributed by atoms with Crippen LogP contribution in [0.15, 0.2) is 12.4 Å². The number of methoxy groups -OCH3 is 2. The Labute approximate surface area is 105 Å². The van der Waals surface area contributed by atoms with Crippen LogP contribution in [-0.4, -0.2) is 46.1 Å². The normalized spacial score (nSPS) is 11.4. The second kappa shape index (κ2) is 6.64. The fraction of sp³-hybridized carbons (Fsp3) is 0.333. The summed E-state index contributed by atoms with van der Waals surface area (Å²) in [4.78, 5) is 29.8. The van der Waals surface area contributed by atoms with Crippen molar-refractivity contribution in [3.8, 4) is 0 Å². The summed E-state index contributed by atoms with van der Waals surface area (Å²) < 4.78 is 22.8. The van der Waals surface area contributed by atoms with Gasteiger partial charge < -0.3 is 9.47 Å². The molecule has 0 bridgehead atoms. The second-order valence-electron chi connectivity index (χ2n) is 2.91. The molecule has 0 fully saturated rings. The summed E-state index contributed by atoms with van der Waals surface area (Å²) in [6.07, 6.45) is 2.60. The molecule has 0 aromatic carbocycles. The van der Waals surface area contributed by atoms with E-state index in [1.165, 1.54) is 26.6 Å². The molecule has 1 N–H and O–H groups in total. The van der Waals surface area contributed by atoms with Crippen LogP contribution in [0.2, 0.25) is 0 Å². The molecule has 1 heterocycles. The monoisotopic (exact) mass is 273 g/mol. The number of esters is 2. The van der Waals surface area contributed by atoms with Crippen molar-refractivity contribution in [2.75, 3.05) is 24.7 Å². The molecule has 18 heavy (non-hydrogen) atoms. The topological polar surface area (TPSA) is 107 Å². The van der Waals surface area contributed by atoms with Gasteiger partial charge in [-0.1, -0.05) is 0 Å². The third-order valence-corrected chi connectivity index (χ3v) is 2.68. The molecule has 98 valence electrons. The van der Waals surface area contributed by atoms with Crippen molar-refractivity contribution in [2.45, 2.75) is 0 Å². The van der Waals surface area contributed by atoms with Crippen molar-refractivity contribution in [3.05, 3.63) is 18.1 Å². The van der Waals surface area contributed by atoms with Crippen LogP contribution in [-0.2, 0) is 25.3 Å². The Kier molecular flexibility index (Phi) is 5.18. The highest BCUT2D eigenvalue weighted by molar-refractivity contribution is 7.87. The lowest BCUT2D eigenvalue weighted by Gasteiger charge is -2.07. The molecule has 1 aromatic rings. The van der Waals surface area contributed by atoms with Crippen molar-refractivity contribution >= 4 is 28.7 Å². The molecule has 8 nitrogen and oxygen atoms in total. The van der Waals surface area contributed by atoms with E-state index < -0.39 is 22.9 Å². The van der Waals surface area contributed by atoms with E-state index in [0.29, 0.717) is 0 Å². The lowest BCUT2D eigenvalue weighted by atomic mass is 10.4. The van der Waals surface area contributed by atoms with Gasteiger partial charge in [0.15, 0.2) is 11.5 Å². The van der Waals surface area contributed by atoms with Gasteiger partial charge in [-0.25, -0.2) is 19.0 Å².